The summed E-state index contributed by atoms with van der Waals surface area (Å²) in [5, 5.41) is 5.50. The highest BCUT2D eigenvalue weighted by atomic mass is 32.1. The fourth-order valence-corrected chi connectivity index (χ4v) is 1.18. The Kier molecular flexibility index (Phi) is 2.23. The number of hydrogen-bond acceptors (Lipinski definition) is 4. The minimum absolute atomic E-state index is 0.273. The van der Waals surface area contributed by atoms with Gasteiger partial charge < -0.3 is 4.74 Å². The van der Waals surface area contributed by atoms with Crippen molar-refractivity contribution in [1.29, 1.82) is 0 Å². The molecule has 66 valence electrons. The Morgan fingerprint density at radius 3 is 2.77 bits per heavy atom. The first-order valence-corrected chi connectivity index (χ1v) is 4.38. The summed E-state index contributed by atoms with van der Waals surface area (Å²) in [5.74, 6) is 0.590. The van der Waals surface area contributed by atoms with E-state index in [0.717, 1.165) is 5.56 Å². The van der Waals surface area contributed by atoms with Gasteiger partial charge in [-0.3, -0.25) is 5.43 Å². The molecular weight excluding hydrogens is 184 g/mol. The molecule has 1 heterocycles. The Morgan fingerprint density at radius 2 is 2.15 bits per heavy atom. The van der Waals surface area contributed by atoms with Gasteiger partial charge in [-0.25, -0.2) is 0 Å². The maximum absolute atomic E-state index is 5.38. The van der Waals surface area contributed by atoms with Gasteiger partial charge in [-0.1, -0.05) is 30.4 Å². The maximum atomic E-state index is 5.38. The van der Waals surface area contributed by atoms with Crippen molar-refractivity contribution in [2.24, 2.45) is 5.10 Å². The summed E-state index contributed by atoms with van der Waals surface area (Å²) in [7, 11) is 0. The second-order valence-corrected chi connectivity index (χ2v) is 2.86. The zero-order chi connectivity index (χ0) is 9.10. The van der Waals surface area contributed by atoms with Crippen LogP contribution in [-0.4, -0.2) is 17.5 Å². The van der Waals surface area contributed by atoms with E-state index < -0.39 is 0 Å². The summed E-state index contributed by atoms with van der Waals surface area (Å²) in [6, 6.07) is 9.69. The molecule has 1 unspecified atom stereocenters. The van der Waals surface area contributed by atoms with Gasteiger partial charge in [0.1, 0.15) is 0 Å². The van der Waals surface area contributed by atoms with Gasteiger partial charge in [-0.2, -0.15) is 0 Å². The molecule has 1 atom stereocenters. The SMILES string of the molecule is S=CC1NN=C(c2ccccc2)O1. The van der Waals surface area contributed by atoms with Crippen molar-refractivity contribution >= 4 is 23.5 Å². The number of ether oxygens (including phenoxy) is 1. The molecule has 0 aromatic heterocycles. The molecule has 1 aromatic carbocycles. The Balaban J connectivity index is 2.17. The number of benzene rings is 1. The van der Waals surface area contributed by atoms with Crippen molar-refractivity contribution in [2.75, 3.05) is 0 Å². The molecular formula is C9H8N2OS. The molecule has 0 saturated heterocycles. The quantitative estimate of drug-likeness (QED) is 0.717. The molecule has 0 saturated carbocycles. The third-order valence-corrected chi connectivity index (χ3v) is 1.92. The molecule has 0 spiro atoms. The van der Waals surface area contributed by atoms with E-state index >= 15 is 0 Å². The van der Waals surface area contributed by atoms with Crippen LogP contribution in [0.25, 0.3) is 0 Å². The van der Waals surface area contributed by atoms with E-state index in [0.29, 0.717) is 5.90 Å². The first kappa shape index (κ1) is 8.19. The summed E-state index contributed by atoms with van der Waals surface area (Å²) in [4.78, 5) is 0. The third kappa shape index (κ3) is 1.67. The van der Waals surface area contributed by atoms with E-state index in [1.165, 1.54) is 5.37 Å². The predicted molar refractivity (Wildman–Crippen MR) is 54.6 cm³/mol. The molecule has 0 aliphatic carbocycles. The number of hydrazone groups is 1. The van der Waals surface area contributed by atoms with Gasteiger partial charge in [0.2, 0.25) is 12.1 Å². The predicted octanol–water partition coefficient (Wildman–Crippen LogP) is 1.29. The maximum Gasteiger partial charge on any atom is 0.240 e. The number of nitrogens with one attached hydrogen (secondary N) is 1. The minimum atomic E-state index is -0.273. The van der Waals surface area contributed by atoms with E-state index in [-0.39, 0.29) is 6.23 Å². The smallest absolute Gasteiger partial charge is 0.240 e. The lowest BCUT2D eigenvalue weighted by Crippen LogP contribution is -2.22. The van der Waals surface area contributed by atoms with Crippen LogP contribution in [0.15, 0.2) is 35.4 Å². The first-order chi connectivity index (χ1) is 6.40. The normalized spacial score (nSPS) is 20.0. The summed E-state index contributed by atoms with van der Waals surface area (Å²) < 4.78 is 5.38. The van der Waals surface area contributed by atoms with Crippen molar-refractivity contribution in [3.63, 3.8) is 0 Å². The molecule has 2 rings (SSSR count). The lowest BCUT2D eigenvalue weighted by Gasteiger charge is -2.03. The fourth-order valence-electron chi connectivity index (χ4n) is 1.07. The monoisotopic (exact) mass is 192 g/mol. The van der Waals surface area contributed by atoms with Crippen molar-refractivity contribution in [3.05, 3.63) is 35.9 Å². The number of thiocarbonyl (C=S) groups is 1. The highest BCUT2D eigenvalue weighted by Crippen LogP contribution is 2.07. The lowest BCUT2D eigenvalue weighted by molar-refractivity contribution is 0.265. The van der Waals surface area contributed by atoms with Crippen LogP contribution in [0.1, 0.15) is 5.56 Å². The Labute approximate surface area is 81.4 Å². The van der Waals surface area contributed by atoms with Gasteiger partial charge in [0.15, 0.2) is 0 Å². The topological polar surface area (TPSA) is 33.6 Å². The Bertz CT molecular complexity index is 337. The standard InChI is InChI=1S/C9H8N2OS/c13-6-8-10-11-9(12-8)7-4-2-1-3-5-7/h1-6,8,10H. The molecule has 4 heteroatoms. The van der Waals surface area contributed by atoms with Gasteiger partial charge in [-0.15, -0.1) is 5.10 Å². The summed E-state index contributed by atoms with van der Waals surface area (Å²) in [5.41, 5.74) is 3.71. The average Bonchev–Trinajstić information content (AvgIpc) is 2.67. The zero-order valence-corrected chi connectivity index (χ0v) is 7.62. The van der Waals surface area contributed by atoms with E-state index in [1.807, 2.05) is 30.3 Å². The average molecular weight is 192 g/mol. The number of hydrogen-bond donors (Lipinski definition) is 1. The van der Waals surface area contributed by atoms with Gasteiger partial charge >= 0.3 is 0 Å². The second kappa shape index (κ2) is 3.53. The molecule has 1 aromatic rings. The molecule has 0 radical (unpaired) electrons. The highest BCUT2D eigenvalue weighted by molar-refractivity contribution is 7.79. The molecule has 1 N–H and O–H groups in total. The van der Waals surface area contributed by atoms with Crippen LogP contribution in [0.2, 0.25) is 0 Å². The largest absolute Gasteiger partial charge is 0.446 e. The van der Waals surface area contributed by atoms with Crippen LogP contribution in [0.3, 0.4) is 0 Å². The minimum Gasteiger partial charge on any atom is -0.446 e. The second-order valence-electron chi connectivity index (χ2n) is 2.59. The van der Waals surface area contributed by atoms with Crippen molar-refractivity contribution in [3.8, 4) is 0 Å². The van der Waals surface area contributed by atoms with Crippen molar-refractivity contribution < 1.29 is 4.74 Å². The van der Waals surface area contributed by atoms with E-state index in [4.69, 9.17) is 17.0 Å². The molecule has 1 aliphatic heterocycles. The Morgan fingerprint density at radius 1 is 1.38 bits per heavy atom. The van der Waals surface area contributed by atoms with Crippen molar-refractivity contribution in [1.82, 2.24) is 5.43 Å². The highest BCUT2D eigenvalue weighted by Gasteiger charge is 2.17. The van der Waals surface area contributed by atoms with Crippen LogP contribution in [-0.2, 0) is 4.74 Å². The van der Waals surface area contributed by atoms with Gasteiger partial charge in [0.25, 0.3) is 0 Å². The number of rotatable bonds is 2. The summed E-state index contributed by atoms with van der Waals surface area (Å²) in [6.45, 7) is 0. The third-order valence-electron chi connectivity index (χ3n) is 1.68. The molecule has 3 nitrogen and oxygen atoms in total. The Hall–Kier alpha value is -1.42. The molecule has 1 aliphatic rings. The van der Waals surface area contributed by atoms with Crippen molar-refractivity contribution in [2.45, 2.75) is 6.23 Å². The van der Waals surface area contributed by atoms with E-state index in [9.17, 15) is 0 Å². The van der Waals surface area contributed by atoms with Crippen LogP contribution >= 0.6 is 12.2 Å². The molecule has 0 amide bonds. The van der Waals surface area contributed by atoms with Gasteiger partial charge in [0.05, 0.1) is 0 Å². The fraction of sp³-hybridized carbons (Fsp3) is 0.111. The first-order valence-electron chi connectivity index (χ1n) is 3.91. The zero-order valence-electron chi connectivity index (χ0n) is 6.81. The van der Waals surface area contributed by atoms with E-state index in [1.54, 1.807) is 0 Å². The number of nitrogens with zero attached hydrogens (tertiary/aromatic N) is 1. The van der Waals surface area contributed by atoms with Crippen LogP contribution in [0, 0.1) is 0 Å². The summed E-state index contributed by atoms with van der Waals surface area (Å²) >= 11 is 4.73. The van der Waals surface area contributed by atoms with E-state index in [2.05, 4.69) is 10.5 Å². The van der Waals surface area contributed by atoms with Crippen LogP contribution in [0.4, 0.5) is 0 Å². The lowest BCUT2D eigenvalue weighted by atomic mass is 10.2. The molecule has 0 fully saturated rings. The van der Waals surface area contributed by atoms with Gasteiger partial charge in [0, 0.05) is 10.9 Å². The molecule has 13 heavy (non-hydrogen) atoms. The molecule has 0 bridgehead atoms. The van der Waals surface area contributed by atoms with Crippen LogP contribution < -0.4 is 5.43 Å². The summed E-state index contributed by atoms with van der Waals surface area (Å²) in [6.07, 6.45) is -0.273. The van der Waals surface area contributed by atoms with Gasteiger partial charge in [-0.05, 0) is 12.1 Å². The van der Waals surface area contributed by atoms with Crippen LogP contribution in [0.5, 0.6) is 0 Å².